The van der Waals surface area contributed by atoms with Crippen molar-refractivity contribution in [2.75, 3.05) is 26.2 Å². The molecule has 4 aromatic rings. The number of anilines is 1. The Hall–Kier alpha value is -4.60. The minimum absolute atomic E-state index is 0.147. The van der Waals surface area contributed by atoms with Gasteiger partial charge in [-0.2, -0.15) is 0 Å². The van der Waals surface area contributed by atoms with Gasteiger partial charge in [0, 0.05) is 22.9 Å². The van der Waals surface area contributed by atoms with Crippen molar-refractivity contribution < 1.29 is 23.8 Å². The number of methoxy groups -OCH3 is 3. The summed E-state index contributed by atoms with van der Waals surface area (Å²) in [5, 5.41) is 11.5. The zero-order valence-electron chi connectivity index (χ0n) is 23.7. The number of para-hydroxylation sites is 1. The van der Waals surface area contributed by atoms with Gasteiger partial charge in [-0.1, -0.05) is 24.3 Å². The summed E-state index contributed by atoms with van der Waals surface area (Å²) in [5.74, 6) is 0.862. The lowest BCUT2D eigenvalue weighted by molar-refractivity contribution is -0.128. The monoisotopic (exact) mass is 545 g/mol. The minimum atomic E-state index is -1.08. The quantitative estimate of drug-likeness (QED) is 0.295. The Morgan fingerprint density at radius 1 is 0.950 bits per heavy atom. The van der Waals surface area contributed by atoms with E-state index in [1.807, 2.05) is 45.0 Å². The van der Waals surface area contributed by atoms with Crippen LogP contribution in [0.2, 0.25) is 0 Å². The fraction of sp³-hybridized carbons (Fsp3) is 0.333. The normalized spacial score (nSPS) is 12.1. The van der Waals surface area contributed by atoms with Gasteiger partial charge in [-0.05, 0) is 68.8 Å². The van der Waals surface area contributed by atoms with Crippen molar-refractivity contribution in [1.82, 2.24) is 20.3 Å². The van der Waals surface area contributed by atoms with Gasteiger partial charge in [0.25, 0.3) is 0 Å². The molecule has 10 heteroatoms. The molecule has 0 radical (unpaired) electrons. The first kappa shape index (κ1) is 28.4. The fourth-order valence-electron chi connectivity index (χ4n) is 4.35. The summed E-state index contributed by atoms with van der Waals surface area (Å²) in [7, 11) is 4.64. The van der Waals surface area contributed by atoms with E-state index in [0.717, 1.165) is 0 Å². The molecule has 2 amide bonds. The largest absolute Gasteiger partial charge is 0.497 e. The Kier molecular flexibility index (Phi) is 8.57. The lowest BCUT2D eigenvalue weighted by Gasteiger charge is -2.35. The molecule has 210 valence electrons. The second kappa shape index (κ2) is 12.1. The number of nitrogens with zero attached hydrogens (tertiary/aromatic N) is 4. The number of nitrogens with one attached hydrogen (secondary N) is 1. The lowest BCUT2D eigenvalue weighted by atomic mass is 9.97. The first-order valence-electron chi connectivity index (χ1n) is 13.0. The third-order valence-electron chi connectivity index (χ3n) is 6.91. The van der Waals surface area contributed by atoms with Crippen molar-refractivity contribution in [2.45, 2.75) is 45.3 Å². The van der Waals surface area contributed by atoms with E-state index < -0.39 is 11.6 Å². The first-order chi connectivity index (χ1) is 19.2. The van der Waals surface area contributed by atoms with Gasteiger partial charge in [0.05, 0.1) is 26.8 Å². The highest BCUT2D eigenvalue weighted by atomic mass is 16.5. The number of aromatic nitrogens is 3. The second-order valence-corrected chi connectivity index (χ2v) is 9.93. The van der Waals surface area contributed by atoms with E-state index >= 15 is 0 Å². The van der Waals surface area contributed by atoms with E-state index in [4.69, 9.17) is 14.2 Å². The molecule has 1 N–H and O–H groups in total. The number of amides is 2. The van der Waals surface area contributed by atoms with E-state index in [-0.39, 0.29) is 18.4 Å². The molecule has 1 aromatic heterocycles. The van der Waals surface area contributed by atoms with E-state index in [1.54, 1.807) is 56.7 Å². The highest BCUT2D eigenvalue weighted by molar-refractivity contribution is 6.02. The SMILES string of the molecule is CCC(C)(C)NC(=O)[C@@H](c1ccc(OC)cc1OC)N(C(=O)Cn1nnc2ccccc21)c1ccc(OC)cc1. The maximum absolute atomic E-state index is 14.2. The number of hydrogen-bond acceptors (Lipinski definition) is 7. The number of carbonyl (C=O) groups is 2. The van der Waals surface area contributed by atoms with E-state index in [0.29, 0.717) is 46.0 Å². The van der Waals surface area contributed by atoms with Crippen molar-refractivity contribution in [2.24, 2.45) is 0 Å². The van der Waals surface area contributed by atoms with Crippen LogP contribution in [0.3, 0.4) is 0 Å². The van der Waals surface area contributed by atoms with Gasteiger partial charge < -0.3 is 19.5 Å². The molecule has 40 heavy (non-hydrogen) atoms. The summed E-state index contributed by atoms with van der Waals surface area (Å²) < 4.78 is 18.0. The Bertz CT molecular complexity index is 1480. The van der Waals surface area contributed by atoms with Crippen LogP contribution in [0.5, 0.6) is 17.2 Å². The Morgan fingerprint density at radius 2 is 1.62 bits per heavy atom. The van der Waals surface area contributed by atoms with Crippen LogP contribution in [-0.4, -0.2) is 53.7 Å². The molecule has 1 heterocycles. The molecule has 0 saturated heterocycles. The van der Waals surface area contributed by atoms with Crippen molar-refractivity contribution in [1.29, 1.82) is 0 Å². The van der Waals surface area contributed by atoms with Gasteiger partial charge in [-0.25, -0.2) is 4.68 Å². The Balaban J connectivity index is 1.88. The second-order valence-electron chi connectivity index (χ2n) is 9.93. The number of benzene rings is 3. The van der Waals surface area contributed by atoms with E-state index in [1.165, 1.54) is 16.7 Å². The summed E-state index contributed by atoms with van der Waals surface area (Å²) in [5.41, 5.74) is 1.86. The summed E-state index contributed by atoms with van der Waals surface area (Å²) in [4.78, 5) is 29.9. The molecule has 0 aliphatic rings. The van der Waals surface area contributed by atoms with Crippen LogP contribution in [0.4, 0.5) is 5.69 Å². The van der Waals surface area contributed by atoms with Crippen LogP contribution >= 0.6 is 0 Å². The molecular weight excluding hydrogens is 510 g/mol. The molecule has 0 fully saturated rings. The number of carbonyl (C=O) groups excluding carboxylic acids is 2. The third-order valence-corrected chi connectivity index (χ3v) is 6.91. The number of rotatable bonds is 11. The summed E-state index contributed by atoms with van der Waals surface area (Å²) in [6.45, 7) is 5.72. The maximum Gasteiger partial charge on any atom is 0.249 e. The third kappa shape index (κ3) is 6.01. The molecule has 0 spiro atoms. The lowest BCUT2D eigenvalue weighted by Crippen LogP contribution is -2.51. The molecule has 0 unspecified atom stereocenters. The topological polar surface area (TPSA) is 108 Å². The average molecular weight is 546 g/mol. The summed E-state index contributed by atoms with van der Waals surface area (Å²) >= 11 is 0. The van der Waals surface area contributed by atoms with Crippen LogP contribution in [0.15, 0.2) is 66.7 Å². The van der Waals surface area contributed by atoms with Gasteiger partial charge in [0.2, 0.25) is 11.8 Å². The van der Waals surface area contributed by atoms with Crippen molar-refractivity contribution >= 4 is 28.5 Å². The van der Waals surface area contributed by atoms with E-state index in [9.17, 15) is 9.59 Å². The molecule has 0 aliphatic carbocycles. The van der Waals surface area contributed by atoms with Gasteiger partial charge in [0.15, 0.2) is 0 Å². The molecule has 4 rings (SSSR count). The number of hydrogen-bond donors (Lipinski definition) is 1. The highest BCUT2D eigenvalue weighted by Gasteiger charge is 2.37. The molecular formula is C30H35N5O5. The standard InChI is InChI=1S/C30H35N5O5/c1-7-30(2,3)31-29(37)28(23-17-16-22(39-5)18-26(23)40-6)35(20-12-14-21(38-4)15-13-20)27(36)19-34-25-11-9-8-10-24(25)32-33-34/h8-18,28H,7,19H2,1-6H3,(H,31,37)/t28-/m1/s1. The van der Waals surface area contributed by atoms with Crippen LogP contribution in [0, 0.1) is 0 Å². The van der Waals surface area contributed by atoms with Crippen LogP contribution in [0.1, 0.15) is 38.8 Å². The smallest absolute Gasteiger partial charge is 0.249 e. The Labute approximate surface area is 233 Å². The molecule has 10 nitrogen and oxygen atoms in total. The predicted octanol–water partition coefficient (Wildman–Crippen LogP) is 4.54. The van der Waals surface area contributed by atoms with Gasteiger partial charge in [0.1, 0.15) is 35.4 Å². The molecule has 0 saturated carbocycles. The highest BCUT2D eigenvalue weighted by Crippen LogP contribution is 2.37. The number of fused-ring (bicyclic) bond motifs is 1. The zero-order valence-corrected chi connectivity index (χ0v) is 23.7. The van der Waals surface area contributed by atoms with Crippen molar-refractivity contribution in [3.05, 3.63) is 72.3 Å². The van der Waals surface area contributed by atoms with Crippen molar-refractivity contribution in [3.63, 3.8) is 0 Å². The minimum Gasteiger partial charge on any atom is -0.497 e. The van der Waals surface area contributed by atoms with Crippen LogP contribution < -0.4 is 24.4 Å². The van der Waals surface area contributed by atoms with Crippen LogP contribution in [0.25, 0.3) is 11.0 Å². The van der Waals surface area contributed by atoms with Crippen molar-refractivity contribution in [3.8, 4) is 17.2 Å². The van der Waals surface area contributed by atoms with Gasteiger partial charge >= 0.3 is 0 Å². The summed E-state index contributed by atoms with van der Waals surface area (Å²) in [6, 6.07) is 18.5. The summed E-state index contributed by atoms with van der Waals surface area (Å²) in [6.07, 6.45) is 0.687. The van der Waals surface area contributed by atoms with Gasteiger partial charge in [-0.15, -0.1) is 5.10 Å². The average Bonchev–Trinajstić information content (AvgIpc) is 3.37. The Morgan fingerprint density at radius 3 is 2.27 bits per heavy atom. The molecule has 3 aromatic carbocycles. The maximum atomic E-state index is 14.2. The first-order valence-corrected chi connectivity index (χ1v) is 13.0. The molecule has 1 atom stereocenters. The molecule has 0 aliphatic heterocycles. The fourth-order valence-corrected chi connectivity index (χ4v) is 4.35. The van der Waals surface area contributed by atoms with Crippen LogP contribution in [-0.2, 0) is 16.1 Å². The number of ether oxygens (including phenoxy) is 3. The predicted molar refractivity (Wildman–Crippen MR) is 153 cm³/mol. The zero-order chi connectivity index (χ0) is 28.9. The van der Waals surface area contributed by atoms with Gasteiger partial charge in [-0.3, -0.25) is 14.5 Å². The van der Waals surface area contributed by atoms with E-state index in [2.05, 4.69) is 15.6 Å². The molecule has 0 bridgehead atoms.